The zero-order valence-corrected chi connectivity index (χ0v) is 19.8. The molecule has 0 unspecified atom stereocenters. The number of hydrogen-bond acceptors (Lipinski definition) is 8. The molecule has 4 N–H and O–H groups in total. The normalized spacial score (nSPS) is 13.3. The number of hydrogen-bond donors (Lipinski definition) is 3. The lowest BCUT2D eigenvalue weighted by atomic mass is 9.98. The van der Waals surface area contributed by atoms with Crippen LogP contribution in [0.3, 0.4) is 0 Å². The molecule has 0 aliphatic heterocycles. The molecule has 1 atom stereocenters. The van der Waals surface area contributed by atoms with Gasteiger partial charge < -0.3 is 20.7 Å². The van der Waals surface area contributed by atoms with Crippen molar-refractivity contribution in [3.63, 3.8) is 0 Å². The third kappa shape index (κ3) is 5.28. The van der Waals surface area contributed by atoms with E-state index >= 15 is 0 Å². The maximum atomic E-state index is 14.6. The first-order valence-electron chi connectivity index (χ1n) is 10.7. The molecular weight excluding hydrogens is 541 g/mol. The summed E-state index contributed by atoms with van der Waals surface area (Å²) < 4.78 is 74.4. The molecule has 38 heavy (non-hydrogen) atoms. The van der Waals surface area contributed by atoms with E-state index in [9.17, 15) is 31.9 Å². The van der Waals surface area contributed by atoms with Gasteiger partial charge in [0.25, 0.3) is 5.91 Å². The zero-order chi connectivity index (χ0) is 27.7. The first kappa shape index (κ1) is 26.9. The number of carbonyl (C=O) groups is 1. The Morgan fingerprint density at radius 1 is 1.16 bits per heavy atom. The van der Waals surface area contributed by atoms with Crippen molar-refractivity contribution in [1.82, 2.24) is 24.9 Å². The Bertz CT molecular complexity index is 1460. The third-order valence-electron chi connectivity index (χ3n) is 5.45. The number of carbonyl (C=O) groups excluding carboxylic acids is 1. The topological polar surface area (TPSA) is 145 Å². The average Bonchev–Trinajstić information content (AvgIpc) is 3.52. The van der Waals surface area contributed by atoms with E-state index in [0.29, 0.717) is 17.0 Å². The van der Waals surface area contributed by atoms with Crippen molar-refractivity contribution in [2.45, 2.75) is 24.7 Å². The molecule has 0 saturated heterocycles. The van der Waals surface area contributed by atoms with Crippen LogP contribution in [0, 0.1) is 11.6 Å². The molecule has 0 aliphatic carbocycles. The van der Waals surface area contributed by atoms with E-state index in [1.54, 1.807) is 12.1 Å². The van der Waals surface area contributed by atoms with Crippen molar-refractivity contribution in [2.24, 2.45) is 5.73 Å². The van der Waals surface area contributed by atoms with Crippen LogP contribution in [-0.4, -0.2) is 54.2 Å². The van der Waals surface area contributed by atoms with Crippen molar-refractivity contribution < 1.29 is 36.4 Å². The van der Waals surface area contributed by atoms with E-state index in [2.05, 4.69) is 25.5 Å². The van der Waals surface area contributed by atoms with Crippen molar-refractivity contribution in [3.05, 3.63) is 65.0 Å². The van der Waals surface area contributed by atoms with Gasteiger partial charge >= 0.3 is 6.18 Å². The van der Waals surface area contributed by atoms with E-state index in [1.165, 1.54) is 35.2 Å². The molecule has 0 radical (unpaired) electrons. The van der Waals surface area contributed by atoms with Crippen molar-refractivity contribution >= 4 is 23.3 Å². The lowest BCUT2D eigenvalue weighted by Gasteiger charge is -2.27. The van der Waals surface area contributed by atoms with Crippen LogP contribution in [0.2, 0.25) is 5.15 Å². The number of aliphatic hydroxyl groups is 1. The van der Waals surface area contributed by atoms with Gasteiger partial charge in [-0.3, -0.25) is 9.48 Å². The maximum absolute atomic E-state index is 14.6. The molecular formula is C22H17ClF5N7O3. The molecule has 0 spiro atoms. The fourth-order valence-corrected chi connectivity index (χ4v) is 3.57. The number of amides is 1. The number of benzene rings is 1. The van der Waals surface area contributed by atoms with Gasteiger partial charge in [-0.25, -0.2) is 14.4 Å². The van der Waals surface area contributed by atoms with Crippen LogP contribution in [-0.2, 0) is 11.3 Å². The van der Waals surface area contributed by atoms with Gasteiger partial charge in [-0.2, -0.15) is 22.7 Å². The number of alkyl halides is 3. The summed E-state index contributed by atoms with van der Waals surface area (Å²) in [6.07, 6.45) is -5.30. The zero-order valence-electron chi connectivity index (χ0n) is 19.0. The van der Waals surface area contributed by atoms with Crippen LogP contribution in [0.15, 0.2) is 47.2 Å². The molecule has 16 heteroatoms. The molecule has 1 amide bonds. The second kappa shape index (κ2) is 10.3. The Balaban J connectivity index is 1.66. The summed E-state index contributed by atoms with van der Waals surface area (Å²) in [5.74, 6) is -4.57. The minimum atomic E-state index is -5.36. The molecule has 0 bridgehead atoms. The second-order valence-corrected chi connectivity index (χ2v) is 8.31. The molecule has 200 valence electrons. The summed E-state index contributed by atoms with van der Waals surface area (Å²) in [5.41, 5.74) is 1.86. The van der Waals surface area contributed by atoms with Crippen LogP contribution in [0.5, 0.6) is 0 Å². The summed E-state index contributed by atoms with van der Waals surface area (Å²) in [7, 11) is 0. The van der Waals surface area contributed by atoms with E-state index in [0.717, 1.165) is 0 Å². The molecule has 0 fully saturated rings. The van der Waals surface area contributed by atoms with Gasteiger partial charge in [0.1, 0.15) is 23.5 Å². The van der Waals surface area contributed by atoms with Crippen LogP contribution in [0.25, 0.3) is 22.9 Å². The molecule has 4 aromatic rings. The molecule has 4 rings (SSSR count). The van der Waals surface area contributed by atoms with Gasteiger partial charge in [0.2, 0.25) is 11.4 Å². The van der Waals surface area contributed by atoms with Crippen LogP contribution in [0.4, 0.5) is 27.8 Å². The number of nitrogens with two attached hydrogens (primary N) is 1. The molecule has 1 aromatic carbocycles. The lowest BCUT2D eigenvalue weighted by Crippen LogP contribution is -2.56. The summed E-state index contributed by atoms with van der Waals surface area (Å²) in [4.78, 5) is 19.0. The number of nitrogens with zero attached hydrogens (tertiary/aromatic N) is 5. The summed E-state index contributed by atoms with van der Waals surface area (Å²) in [6, 6.07) is 8.94. The van der Waals surface area contributed by atoms with Crippen molar-refractivity contribution in [1.29, 1.82) is 0 Å². The molecule has 0 aliphatic rings. The van der Waals surface area contributed by atoms with Crippen LogP contribution < -0.4 is 11.1 Å². The minimum absolute atomic E-state index is 0.0354. The SMILES string of the molecule is NC(=O)[C@](O)(CCNc1nc(-c2cc(-c3ccon3)n(Cc3ccccc3F)n2)nc(Cl)c1F)C(F)(F)F. The van der Waals surface area contributed by atoms with Crippen LogP contribution in [0.1, 0.15) is 12.0 Å². The monoisotopic (exact) mass is 557 g/mol. The predicted octanol–water partition coefficient (Wildman–Crippen LogP) is 3.56. The Hall–Kier alpha value is -4.11. The maximum Gasteiger partial charge on any atom is 0.426 e. The number of primary amides is 1. The van der Waals surface area contributed by atoms with E-state index in [1.807, 2.05) is 0 Å². The summed E-state index contributed by atoms with van der Waals surface area (Å²) in [6.45, 7) is -0.813. The van der Waals surface area contributed by atoms with E-state index in [-0.39, 0.29) is 18.1 Å². The van der Waals surface area contributed by atoms with E-state index < -0.39 is 53.3 Å². The number of rotatable bonds is 9. The minimum Gasteiger partial charge on any atom is -0.373 e. The molecule has 10 nitrogen and oxygen atoms in total. The Morgan fingerprint density at radius 2 is 1.89 bits per heavy atom. The van der Waals surface area contributed by atoms with Crippen molar-refractivity contribution in [3.8, 4) is 22.9 Å². The van der Waals surface area contributed by atoms with Gasteiger partial charge in [-0.15, -0.1) is 0 Å². The van der Waals surface area contributed by atoms with Gasteiger partial charge in [0.15, 0.2) is 16.8 Å². The molecule has 3 aromatic heterocycles. The number of aromatic nitrogens is 5. The number of nitrogens with one attached hydrogen (secondary N) is 1. The lowest BCUT2D eigenvalue weighted by molar-refractivity contribution is -0.251. The standard InChI is InChI=1S/C22H17ClF5N7O3/c23-17-16(25)19(30-7-6-21(37,20(29)36)22(26,27)28)32-18(31-17)14-9-15(13-5-8-38-34-13)35(33-14)10-11-3-1-2-4-12(11)24/h1-5,8-9,37H,6-7,10H2,(H2,29,36)(H,30,31,32)/t21-/m1/s1. The molecule has 3 heterocycles. The largest absolute Gasteiger partial charge is 0.426 e. The smallest absolute Gasteiger partial charge is 0.373 e. The Kier molecular flexibility index (Phi) is 7.33. The fourth-order valence-electron chi connectivity index (χ4n) is 3.40. The first-order valence-corrected chi connectivity index (χ1v) is 11.1. The Morgan fingerprint density at radius 3 is 2.53 bits per heavy atom. The van der Waals surface area contributed by atoms with Gasteiger partial charge in [-0.05, 0) is 12.1 Å². The molecule has 0 saturated carbocycles. The summed E-state index contributed by atoms with van der Waals surface area (Å²) in [5, 5.41) is 19.4. The highest BCUT2D eigenvalue weighted by Gasteiger charge is 2.58. The summed E-state index contributed by atoms with van der Waals surface area (Å²) >= 11 is 5.88. The number of anilines is 1. The highest BCUT2D eigenvalue weighted by Crippen LogP contribution is 2.33. The predicted molar refractivity (Wildman–Crippen MR) is 123 cm³/mol. The fraction of sp³-hybridized carbons (Fsp3) is 0.227. The quantitative estimate of drug-likeness (QED) is 0.209. The number of halogens is 6. The first-order chi connectivity index (χ1) is 17.9. The van der Waals surface area contributed by atoms with Crippen molar-refractivity contribution in [2.75, 3.05) is 11.9 Å². The average molecular weight is 558 g/mol. The van der Waals surface area contributed by atoms with Gasteiger partial charge in [0.05, 0.1) is 12.2 Å². The van der Waals surface area contributed by atoms with Gasteiger partial charge in [-0.1, -0.05) is 35.0 Å². The third-order valence-corrected chi connectivity index (χ3v) is 5.70. The van der Waals surface area contributed by atoms with Crippen LogP contribution >= 0.6 is 11.6 Å². The van der Waals surface area contributed by atoms with E-state index in [4.69, 9.17) is 21.9 Å². The highest BCUT2D eigenvalue weighted by atomic mass is 35.5. The second-order valence-electron chi connectivity index (χ2n) is 7.95. The Labute approximate surface area is 215 Å². The van der Waals surface area contributed by atoms with Gasteiger partial charge in [0, 0.05) is 24.6 Å². The highest BCUT2D eigenvalue weighted by molar-refractivity contribution is 6.29.